The molecule has 1 saturated carbocycles. The number of nitrogens with zero attached hydrogens (tertiary/aromatic N) is 2. The Morgan fingerprint density at radius 1 is 1.32 bits per heavy atom. The van der Waals surface area contributed by atoms with Gasteiger partial charge in [0, 0.05) is 31.4 Å². The standard InChI is InChI=1S/C15H21N3O/c16-15(7-2-1-3-8-15)14(19)18-10-6-13-12(11-18)5-4-9-17-13/h4-5,9H,1-3,6-8,10-11,16H2. The molecule has 1 aromatic heterocycles. The van der Waals surface area contributed by atoms with Gasteiger partial charge in [-0.05, 0) is 24.5 Å². The van der Waals surface area contributed by atoms with Crippen molar-refractivity contribution in [3.8, 4) is 0 Å². The Labute approximate surface area is 114 Å². The van der Waals surface area contributed by atoms with Crippen LogP contribution in [0.2, 0.25) is 0 Å². The summed E-state index contributed by atoms with van der Waals surface area (Å²) >= 11 is 0. The normalized spacial score (nSPS) is 21.8. The molecule has 0 bridgehead atoms. The molecule has 0 atom stereocenters. The van der Waals surface area contributed by atoms with Crippen molar-refractivity contribution in [3.05, 3.63) is 29.6 Å². The monoisotopic (exact) mass is 259 g/mol. The molecule has 0 aromatic carbocycles. The smallest absolute Gasteiger partial charge is 0.242 e. The summed E-state index contributed by atoms with van der Waals surface area (Å²) in [6.45, 7) is 1.42. The third-order valence-electron chi connectivity index (χ3n) is 4.42. The molecular formula is C15H21N3O. The van der Waals surface area contributed by atoms with E-state index in [-0.39, 0.29) is 5.91 Å². The first-order valence-electron chi connectivity index (χ1n) is 7.20. The van der Waals surface area contributed by atoms with Gasteiger partial charge < -0.3 is 10.6 Å². The fraction of sp³-hybridized carbons (Fsp3) is 0.600. The first-order chi connectivity index (χ1) is 9.19. The van der Waals surface area contributed by atoms with E-state index in [0.717, 1.165) is 44.3 Å². The molecule has 2 aliphatic rings. The lowest BCUT2D eigenvalue weighted by atomic mass is 9.81. The van der Waals surface area contributed by atoms with Gasteiger partial charge in [-0.25, -0.2) is 0 Å². The molecule has 0 spiro atoms. The van der Waals surface area contributed by atoms with Gasteiger partial charge in [-0.2, -0.15) is 0 Å². The minimum absolute atomic E-state index is 0.140. The van der Waals surface area contributed by atoms with Crippen molar-refractivity contribution >= 4 is 5.91 Å². The number of aromatic nitrogens is 1. The lowest BCUT2D eigenvalue weighted by Crippen LogP contribution is -2.57. The predicted octanol–water partition coefficient (Wildman–Crippen LogP) is 1.63. The van der Waals surface area contributed by atoms with Crippen LogP contribution in [0.5, 0.6) is 0 Å². The molecule has 102 valence electrons. The van der Waals surface area contributed by atoms with Crippen LogP contribution in [0.1, 0.15) is 43.4 Å². The summed E-state index contributed by atoms with van der Waals surface area (Å²) in [7, 11) is 0. The molecule has 1 amide bonds. The molecular weight excluding hydrogens is 238 g/mol. The molecule has 3 rings (SSSR count). The Kier molecular flexibility index (Phi) is 3.27. The number of carbonyl (C=O) groups is 1. The van der Waals surface area contributed by atoms with E-state index in [1.54, 1.807) is 0 Å². The van der Waals surface area contributed by atoms with Crippen LogP contribution in [0.4, 0.5) is 0 Å². The van der Waals surface area contributed by atoms with Crippen LogP contribution in [-0.2, 0) is 17.8 Å². The van der Waals surface area contributed by atoms with Crippen molar-refractivity contribution in [2.75, 3.05) is 6.54 Å². The van der Waals surface area contributed by atoms with Gasteiger partial charge in [0.2, 0.25) is 5.91 Å². The quantitative estimate of drug-likeness (QED) is 0.834. The topological polar surface area (TPSA) is 59.2 Å². The van der Waals surface area contributed by atoms with Gasteiger partial charge in [0.25, 0.3) is 0 Å². The van der Waals surface area contributed by atoms with Crippen LogP contribution in [0.25, 0.3) is 0 Å². The molecule has 1 aliphatic carbocycles. The van der Waals surface area contributed by atoms with E-state index in [9.17, 15) is 4.79 Å². The van der Waals surface area contributed by atoms with Gasteiger partial charge in [-0.3, -0.25) is 9.78 Å². The molecule has 19 heavy (non-hydrogen) atoms. The summed E-state index contributed by atoms with van der Waals surface area (Å²) in [5.41, 5.74) is 8.03. The zero-order valence-corrected chi connectivity index (χ0v) is 11.3. The van der Waals surface area contributed by atoms with Crippen molar-refractivity contribution in [1.29, 1.82) is 0 Å². The van der Waals surface area contributed by atoms with Crippen molar-refractivity contribution < 1.29 is 4.79 Å². The number of pyridine rings is 1. The molecule has 0 saturated heterocycles. The maximum atomic E-state index is 12.7. The minimum Gasteiger partial charge on any atom is -0.336 e. The number of nitrogens with two attached hydrogens (primary N) is 1. The highest BCUT2D eigenvalue weighted by molar-refractivity contribution is 5.86. The Balaban J connectivity index is 1.75. The Hall–Kier alpha value is -1.42. The minimum atomic E-state index is -0.613. The Bertz CT molecular complexity index is 480. The van der Waals surface area contributed by atoms with E-state index >= 15 is 0 Å². The van der Waals surface area contributed by atoms with Gasteiger partial charge in [-0.15, -0.1) is 0 Å². The highest BCUT2D eigenvalue weighted by atomic mass is 16.2. The number of hydrogen-bond acceptors (Lipinski definition) is 3. The second-order valence-corrected chi connectivity index (χ2v) is 5.80. The number of amides is 1. The van der Waals surface area contributed by atoms with E-state index in [1.807, 2.05) is 17.2 Å². The molecule has 1 fully saturated rings. The molecule has 2 heterocycles. The zero-order chi connectivity index (χ0) is 13.3. The average Bonchev–Trinajstić information content (AvgIpc) is 2.47. The molecule has 1 aliphatic heterocycles. The largest absolute Gasteiger partial charge is 0.336 e. The van der Waals surface area contributed by atoms with E-state index in [0.29, 0.717) is 6.54 Å². The van der Waals surface area contributed by atoms with Crippen LogP contribution in [0.3, 0.4) is 0 Å². The van der Waals surface area contributed by atoms with Gasteiger partial charge in [0.05, 0.1) is 5.54 Å². The number of carbonyl (C=O) groups excluding carboxylic acids is 1. The molecule has 4 heteroatoms. The summed E-state index contributed by atoms with van der Waals surface area (Å²) in [6.07, 6.45) is 7.70. The lowest BCUT2D eigenvalue weighted by molar-refractivity contribution is -0.139. The van der Waals surface area contributed by atoms with Crippen LogP contribution >= 0.6 is 0 Å². The average molecular weight is 259 g/mol. The highest BCUT2D eigenvalue weighted by Crippen LogP contribution is 2.29. The maximum absolute atomic E-state index is 12.7. The number of fused-ring (bicyclic) bond motifs is 1. The third-order valence-corrected chi connectivity index (χ3v) is 4.42. The van der Waals surface area contributed by atoms with Crippen LogP contribution in [-0.4, -0.2) is 27.9 Å². The Morgan fingerprint density at radius 2 is 2.11 bits per heavy atom. The summed E-state index contributed by atoms with van der Waals surface area (Å²) in [5.74, 6) is 0.140. The fourth-order valence-corrected chi connectivity index (χ4v) is 3.25. The van der Waals surface area contributed by atoms with E-state index in [2.05, 4.69) is 11.1 Å². The second kappa shape index (κ2) is 4.93. The van der Waals surface area contributed by atoms with Gasteiger partial charge in [0.1, 0.15) is 0 Å². The third kappa shape index (κ3) is 2.37. The highest BCUT2D eigenvalue weighted by Gasteiger charge is 2.39. The van der Waals surface area contributed by atoms with Crippen molar-refractivity contribution in [1.82, 2.24) is 9.88 Å². The Morgan fingerprint density at radius 3 is 2.89 bits per heavy atom. The maximum Gasteiger partial charge on any atom is 0.242 e. The summed E-state index contributed by atoms with van der Waals surface area (Å²) in [6, 6.07) is 4.00. The summed E-state index contributed by atoms with van der Waals surface area (Å²) in [4.78, 5) is 19.0. The van der Waals surface area contributed by atoms with E-state index in [1.165, 1.54) is 12.0 Å². The second-order valence-electron chi connectivity index (χ2n) is 5.80. The molecule has 4 nitrogen and oxygen atoms in total. The van der Waals surface area contributed by atoms with Crippen molar-refractivity contribution in [3.63, 3.8) is 0 Å². The molecule has 1 aromatic rings. The summed E-state index contributed by atoms with van der Waals surface area (Å²) in [5, 5.41) is 0. The first-order valence-corrected chi connectivity index (χ1v) is 7.20. The fourth-order valence-electron chi connectivity index (χ4n) is 3.25. The van der Waals surface area contributed by atoms with Crippen LogP contribution < -0.4 is 5.73 Å². The van der Waals surface area contributed by atoms with Gasteiger partial charge in [-0.1, -0.05) is 25.3 Å². The zero-order valence-electron chi connectivity index (χ0n) is 11.3. The molecule has 0 radical (unpaired) electrons. The van der Waals surface area contributed by atoms with E-state index in [4.69, 9.17) is 5.73 Å². The molecule has 2 N–H and O–H groups in total. The lowest BCUT2D eigenvalue weighted by Gasteiger charge is -2.38. The van der Waals surface area contributed by atoms with Crippen LogP contribution in [0.15, 0.2) is 18.3 Å². The number of rotatable bonds is 1. The SMILES string of the molecule is NC1(C(=O)N2CCc3ncccc3C2)CCCCC1. The number of hydrogen-bond donors (Lipinski definition) is 1. The van der Waals surface area contributed by atoms with Crippen LogP contribution in [0, 0.1) is 0 Å². The van der Waals surface area contributed by atoms with E-state index < -0.39 is 5.54 Å². The van der Waals surface area contributed by atoms with Crippen molar-refractivity contribution in [2.45, 2.75) is 50.6 Å². The molecule has 0 unspecified atom stereocenters. The summed E-state index contributed by atoms with van der Waals surface area (Å²) < 4.78 is 0. The van der Waals surface area contributed by atoms with Gasteiger partial charge >= 0.3 is 0 Å². The first kappa shape index (κ1) is 12.6. The predicted molar refractivity (Wildman–Crippen MR) is 73.4 cm³/mol. The van der Waals surface area contributed by atoms with Gasteiger partial charge in [0.15, 0.2) is 0 Å². The van der Waals surface area contributed by atoms with Crippen molar-refractivity contribution in [2.24, 2.45) is 5.73 Å².